The highest BCUT2D eigenvalue weighted by Gasteiger charge is 2.26. The molecule has 1 aromatic heterocycles. The zero-order valence-corrected chi connectivity index (χ0v) is 10.2. The van der Waals surface area contributed by atoms with E-state index >= 15 is 0 Å². The van der Waals surface area contributed by atoms with E-state index in [1.165, 1.54) is 31.2 Å². The summed E-state index contributed by atoms with van der Waals surface area (Å²) in [5.74, 6) is 1.05. The van der Waals surface area contributed by atoms with E-state index in [0.29, 0.717) is 17.5 Å². The first-order valence-electron chi connectivity index (χ1n) is 5.92. The highest BCUT2D eigenvalue weighted by molar-refractivity contribution is 5.87. The highest BCUT2D eigenvalue weighted by Crippen LogP contribution is 2.37. The van der Waals surface area contributed by atoms with Crippen molar-refractivity contribution in [3.63, 3.8) is 0 Å². The zero-order chi connectivity index (χ0) is 11.7. The Kier molecular flexibility index (Phi) is 3.03. The highest BCUT2D eigenvalue weighted by atomic mass is 16.5. The number of hydrogen-bond acceptors (Lipinski definition) is 2. The van der Waals surface area contributed by atoms with Crippen LogP contribution in [0.15, 0.2) is 6.07 Å². The molecule has 0 bridgehead atoms. The number of rotatable bonds is 3. The molecule has 0 aliphatic heterocycles. The van der Waals surface area contributed by atoms with Gasteiger partial charge in [-0.2, -0.15) is 0 Å². The SMILES string of the molecule is COC(=O)c1cc2c([nH]1)CCC2CC(C)C. The Morgan fingerprint density at radius 1 is 1.62 bits per heavy atom. The van der Waals surface area contributed by atoms with Crippen molar-refractivity contribution in [2.24, 2.45) is 5.92 Å². The molecule has 1 atom stereocenters. The van der Waals surface area contributed by atoms with E-state index in [2.05, 4.69) is 18.8 Å². The van der Waals surface area contributed by atoms with Gasteiger partial charge in [-0.3, -0.25) is 0 Å². The fraction of sp³-hybridized carbons (Fsp3) is 0.615. The van der Waals surface area contributed by atoms with Crippen molar-refractivity contribution in [1.82, 2.24) is 4.98 Å². The number of hydrogen-bond donors (Lipinski definition) is 1. The summed E-state index contributed by atoms with van der Waals surface area (Å²) < 4.78 is 4.72. The van der Waals surface area contributed by atoms with Gasteiger partial charge < -0.3 is 9.72 Å². The number of aromatic amines is 1. The predicted molar refractivity (Wildman–Crippen MR) is 62.6 cm³/mol. The van der Waals surface area contributed by atoms with E-state index in [0.717, 1.165) is 6.42 Å². The van der Waals surface area contributed by atoms with Crippen molar-refractivity contribution in [3.8, 4) is 0 Å². The molecule has 0 amide bonds. The number of fused-ring (bicyclic) bond motifs is 1. The summed E-state index contributed by atoms with van der Waals surface area (Å²) >= 11 is 0. The Morgan fingerprint density at radius 2 is 2.38 bits per heavy atom. The standard InChI is InChI=1S/C13H19NO2/c1-8(2)6-9-4-5-11-10(9)7-12(14-11)13(15)16-3/h7-9,14H,4-6H2,1-3H3. The molecule has 0 saturated heterocycles. The summed E-state index contributed by atoms with van der Waals surface area (Å²) in [7, 11) is 1.42. The van der Waals surface area contributed by atoms with Gasteiger partial charge in [0.05, 0.1) is 7.11 Å². The van der Waals surface area contributed by atoms with E-state index in [4.69, 9.17) is 4.74 Å². The first-order chi connectivity index (χ1) is 7.61. The van der Waals surface area contributed by atoms with Gasteiger partial charge in [0.2, 0.25) is 0 Å². The van der Waals surface area contributed by atoms with Crippen molar-refractivity contribution in [2.45, 2.75) is 39.0 Å². The summed E-state index contributed by atoms with van der Waals surface area (Å²) in [6, 6.07) is 1.97. The Morgan fingerprint density at radius 3 is 3.00 bits per heavy atom. The van der Waals surface area contributed by atoms with E-state index in [1.807, 2.05) is 6.07 Å². The minimum absolute atomic E-state index is 0.266. The quantitative estimate of drug-likeness (QED) is 0.797. The predicted octanol–water partition coefficient (Wildman–Crippen LogP) is 2.88. The normalized spacial score (nSPS) is 18.9. The van der Waals surface area contributed by atoms with Gasteiger partial charge in [-0.05, 0) is 42.7 Å². The number of carbonyl (C=O) groups excluding carboxylic acids is 1. The molecule has 0 saturated carbocycles. The van der Waals surface area contributed by atoms with Crippen LogP contribution in [-0.2, 0) is 11.2 Å². The first-order valence-corrected chi connectivity index (χ1v) is 5.92. The number of esters is 1. The minimum Gasteiger partial charge on any atom is -0.464 e. The van der Waals surface area contributed by atoms with Gasteiger partial charge in [0.15, 0.2) is 0 Å². The number of aromatic nitrogens is 1. The lowest BCUT2D eigenvalue weighted by Crippen LogP contribution is -2.02. The number of nitrogens with one attached hydrogen (secondary N) is 1. The van der Waals surface area contributed by atoms with Gasteiger partial charge >= 0.3 is 5.97 Å². The van der Waals surface area contributed by atoms with Crippen LogP contribution in [0.5, 0.6) is 0 Å². The van der Waals surface area contributed by atoms with Gasteiger partial charge in [-0.15, -0.1) is 0 Å². The van der Waals surface area contributed by atoms with Crippen molar-refractivity contribution in [3.05, 3.63) is 23.0 Å². The number of aryl methyl sites for hydroxylation is 1. The van der Waals surface area contributed by atoms with Crippen LogP contribution >= 0.6 is 0 Å². The summed E-state index contributed by atoms with van der Waals surface area (Å²) in [5, 5.41) is 0. The number of methoxy groups -OCH3 is 1. The number of carbonyl (C=O) groups is 1. The van der Waals surface area contributed by atoms with Crippen LogP contribution in [0.25, 0.3) is 0 Å². The Hall–Kier alpha value is -1.25. The topological polar surface area (TPSA) is 42.1 Å². The largest absolute Gasteiger partial charge is 0.464 e. The van der Waals surface area contributed by atoms with Crippen LogP contribution in [-0.4, -0.2) is 18.1 Å². The van der Waals surface area contributed by atoms with Crippen LogP contribution < -0.4 is 0 Å². The molecule has 0 spiro atoms. The second-order valence-electron chi connectivity index (χ2n) is 4.97. The molecule has 3 nitrogen and oxygen atoms in total. The molecule has 0 fully saturated rings. The summed E-state index contributed by atoms with van der Waals surface area (Å²) in [5.41, 5.74) is 3.15. The number of H-pyrrole nitrogens is 1. The minimum atomic E-state index is -0.266. The second-order valence-corrected chi connectivity index (χ2v) is 4.97. The molecule has 0 radical (unpaired) electrons. The van der Waals surface area contributed by atoms with Gasteiger partial charge in [0, 0.05) is 5.69 Å². The second kappa shape index (κ2) is 4.32. The molecule has 1 aromatic rings. The van der Waals surface area contributed by atoms with Crippen molar-refractivity contribution in [1.29, 1.82) is 0 Å². The maximum atomic E-state index is 11.4. The molecular formula is C13H19NO2. The van der Waals surface area contributed by atoms with E-state index in [9.17, 15) is 4.79 Å². The molecule has 1 aliphatic rings. The monoisotopic (exact) mass is 221 g/mol. The molecule has 3 heteroatoms. The Bertz CT molecular complexity index is 393. The summed E-state index contributed by atoms with van der Waals surface area (Å²) in [6.45, 7) is 4.48. The van der Waals surface area contributed by atoms with E-state index < -0.39 is 0 Å². The molecule has 2 rings (SSSR count). The average molecular weight is 221 g/mol. The average Bonchev–Trinajstić information content (AvgIpc) is 2.78. The van der Waals surface area contributed by atoms with Crippen LogP contribution in [0, 0.1) is 5.92 Å². The van der Waals surface area contributed by atoms with E-state index in [1.54, 1.807) is 0 Å². The van der Waals surface area contributed by atoms with Crippen LogP contribution in [0.4, 0.5) is 0 Å². The van der Waals surface area contributed by atoms with Crippen molar-refractivity contribution < 1.29 is 9.53 Å². The Balaban J connectivity index is 2.19. The van der Waals surface area contributed by atoms with Crippen LogP contribution in [0.3, 0.4) is 0 Å². The summed E-state index contributed by atoms with van der Waals surface area (Å²) in [4.78, 5) is 14.6. The number of ether oxygens (including phenoxy) is 1. The van der Waals surface area contributed by atoms with Crippen molar-refractivity contribution in [2.75, 3.05) is 7.11 Å². The van der Waals surface area contributed by atoms with E-state index in [-0.39, 0.29) is 5.97 Å². The molecule has 0 aromatic carbocycles. The fourth-order valence-electron chi connectivity index (χ4n) is 2.59. The third-order valence-electron chi connectivity index (χ3n) is 3.28. The molecule has 1 heterocycles. The van der Waals surface area contributed by atoms with Gasteiger partial charge in [0.25, 0.3) is 0 Å². The fourth-order valence-corrected chi connectivity index (χ4v) is 2.59. The maximum Gasteiger partial charge on any atom is 0.354 e. The molecule has 1 N–H and O–H groups in total. The molecule has 1 unspecified atom stereocenters. The molecular weight excluding hydrogens is 202 g/mol. The van der Waals surface area contributed by atoms with Crippen LogP contribution in [0.2, 0.25) is 0 Å². The summed E-state index contributed by atoms with van der Waals surface area (Å²) in [6.07, 6.45) is 3.47. The lowest BCUT2D eigenvalue weighted by atomic mass is 9.93. The first kappa shape index (κ1) is 11.2. The van der Waals surface area contributed by atoms with Crippen LogP contribution in [0.1, 0.15) is 54.4 Å². The molecule has 1 aliphatic carbocycles. The van der Waals surface area contributed by atoms with Gasteiger partial charge in [-0.25, -0.2) is 4.79 Å². The molecule has 16 heavy (non-hydrogen) atoms. The Labute approximate surface area is 96.2 Å². The third kappa shape index (κ3) is 1.99. The zero-order valence-electron chi connectivity index (χ0n) is 10.2. The van der Waals surface area contributed by atoms with Crippen molar-refractivity contribution >= 4 is 5.97 Å². The van der Waals surface area contributed by atoms with Gasteiger partial charge in [0.1, 0.15) is 5.69 Å². The van der Waals surface area contributed by atoms with Gasteiger partial charge in [-0.1, -0.05) is 13.8 Å². The smallest absolute Gasteiger partial charge is 0.354 e. The third-order valence-corrected chi connectivity index (χ3v) is 3.28. The lowest BCUT2D eigenvalue weighted by molar-refractivity contribution is 0.0594. The lowest BCUT2D eigenvalue weighted by Gasteiger charge is -2.12. The molecule has 88 valence electrons. The maximum absolute atomic E-state index is 11.4.